The third-order valence-electron chi connectivity index (χ3n) is 4.14. The number of nitro groups is 1. The van der Waals surface area contributed by atoms with Gasteiger partial charge >= 0.3 is 6.18 Å². The minimum atomic E-state index is -4.48. The molecule has 0 spiro atoms. The van der Waals surface area contributed by atoms with E-state index in [1.165, 1.54) is 35.9 Å². The molecule has 0 aliphatic heterocycles. The summed E-state index contributed by atoms with van der Waals surface area (Å²) < 4.78 is 44.6. The summed E-state index contributed by atoms with van der Waals surface area (Å²) in [4.78, 5) is 27.6. The van der Waals surface area contributed by atoms with Crippen molar-refractivity contribution >= 4 is 16.6 Å². The SMILES string of the molecule is COCCn1c(-c2ccc(C(F)(F)F)cc2)nc2ccc([N+](=O)[O-])cc2c1=O. The van der Waals surface area contributed by atoms with E-state index in [4.69, 9.17) is 4.74 Å². The van der Waals surface area contributed by atoms with Crippen molar-refractivity contribution in [3.8, 4) is 11.4 Å². The molecule has 0 aliphatic rings. The molecule has 0 bridgehead atoms. The molecule has 0 radical (unpaired) electrons. The van der Waals surface area contributed by atoms with Crippen molar-refractivity contribution < 1.29 is 22.8 Å². The topological polar surface area (TPSA) is 87.3 Å². The van der Waals surface area contributed by atoms with Crippen LogP contribution >= 0.6 is 0 Å². The zero-order valence-corrected chi connectivity index (χ0v) is 14.6. The molecule has 0 N–H and O–H groups in total. The van der Waals surface area contributed by atoms with E-state index in [1.807, 2.05) is 0 Å². The maximum atomic E-state index is 12.9. The minimum absolute atomic E-state index is 0.0426. The maximum Gasteiger partial charge on any atom is 0.416 e. The first-order valence-corrected chi connectivity index (χ1v) is 8.08. The summed E-state index contributed by atoms with van der Waals surface area (Å²) in [5.74, 6) is 0.150. The number of fused-ring (bicyclic) bond motifs is 1. The third-order valence-corrected chi connectivity index (χ3v) is 4.14. The average molecular weight is 393 g/mol. The molecule has 146 valence electrons. The Morgan fingerprint density at radius 3 is 2.43 bits per heavy atom. The number of alkyl halides is 3. The number of ether oxygens (including phenoxy) is 1. The first-order chi connectivity index (χ1) is 13.2. The van der Waals surface area contributed by atoms with E-state index >= 15 is 0 Å². The molecule has 1 aromatic heterocycles. The Morgan fingerprint density at radius 2 is 1.86 bits per heavy atom. The van der Waals surface area contributed by atoms with E-state index in [1.54, 1.807) is 0 Å². The molecular formula is C18H14F3N3O4. The van der Waals surface area contributed by atoms with Crippen LogP contribution in [0.15, 0.2) is 47.3 Å². The molecule has 2 aromatic carbocycles. The summed E-state index contributed by atoms with van der Waals surface area (Å²) in [6.07, 6.45) is -4.48. The number of non-ortho nitro benzene ring substituents is 1. The number of hydrogen-bond donors (Lipinski definition) is 0. The van der Waals surface area contributed by atoms with E-state index in [0.717, 1.165) is 18.2 Å². The molecule has 1 heterocycles. The van der Waals surface area contributed by atoms with Gasteiger partial charge in [0.05, 0.1) is 34.5 Å². The predicted molar refractivity (Wildman–Crippen MR) is 95.0 cm³/mol. The third kappa shape index (κ3) is 3.72. The molecule has 0 saturated carbocycles. The number of benzene rings is 2. The zero-order chi connectivity index (χ0) is 20.5. The highest BCUT2D eigenvalue weighted by Gasteiger charge is 2.30. The van der Waals surface area contributed by atoms with Crippen LogP contribution in [0.1, 0.15) is 5.56 Å². The Hall–Kier alpha value is -3.27. The molecule has 0 aliphatic carbocycles. The van der Waals surface area contributed by atoms with E-state index in [0.29, 0.717) is 5.56 Å². The van der Waals surface area contributed by atoms with Gasteiger partial charge in [-0.05, 0) is 18.2 Å². The van der Waals surface area contributed by atoms with Crippen LogP contribution in [0, 0.1) is 10.1 Å². The molecule has 28 heavy (non-hydrogen) atoms. The monoisotopic (exact) mass is 393 g/mol. The van der Waals surface area contributed by atoms with Gasteiger partial charge in [-0.2, -0.15) is 13.2 Å². The Morgan fingerprint density at radius 1 is 1.18 bits per heavy atom. The summed E-state index contributed by atoms with van der Waals surface area (Å²) in [6.45, 7) is 0.229. The summed E-state index contributed by atoms with van der Waals surface area (Å²) in [7, 11) is 1.43. The number of nitrogens with zero attached hydrogens (tertiary/aromatic N) is 3. The van der Waals surface area contributed by atoms with Gasteiger partial charge in [-0.15, -0.1) is 0 Å². The van der Waals surface area contributed by atoms with Crippen molar-refractivity contribution in [2.45, 2.75) is 12.7 Å². The second kappa shape index (κ2) is 7.39. The molecular weight excluding hydrogens is 379 g/mol. The van der Waals surface area contributed by atoms with Crippen LogP contribution < -0.4 is 5.56 Å². The molecule has 3 aromatic rings. The van der Waals surface area contributed by atoms with Gasteiger partial charge in [0, 0.05) is 24.8 Å². The van der Waals surface area contributed by atoms with Crippen LogP contribution in [0.5, 0.6) is 0 Å². The quantitative estimate of drug-likeness (QED) is 0.488. The van der Waals surface area contributed by atoms with Crippen LogP contribution in [0.25, 0.3) is 22.3 Å². The highest BCUT2D eigenvalue weighted by Crippen LogP contribution is 2.31. The lowest BCUT2D eigenvalue weighted by Crippen LogP contribution is -2.25. The van der Waals surface area contributed by atoms with Gasteiger partial charge in [0.25, 0.3) is 11.2 Å². The lowest BCUT2D eigenvalue weighted by Gasteiger charge is -2.14. The van der Waals surface area contributed by atoms with Crippen molar-refractivity contribution in [2.75, 3.05) is 13.7 Å². The van der Waals surface area contributed by atoms with Crippen LogP contribution in [0.4, 0.5) is 18.9 Å². The van der Waals surface area contributed by atoms with Gasteiger partial charge in [0.2, 0.25) is 0 Å². The van der Waals surface area contributed by atoms with E-state index < -0.39 is 22.2 Å². The molecule has 0 fully saturated rings. The number of methoxy groups -OCH3 is 1. The molecule has 7 nitrogen and oxygen atoms in total. The largest absolute Gasteiger partial charge is 0.416 e. The van der Waals surface area contributed by atoms with Gasteiger partial charge in [0.1, 0.15) is 5.82 Å². The van der Waals surface area contributed by atoms with Gasteiger partial charge in [-0.3, -0.25) is 19.5 Å². The minimum Gasteiger partial charge on any atom is -0.383 e. The van der Waals surface area contributed by atoms with E-state index in [9.17, 15) is 28.1 Å². The normalized spacial score (nSPS) is 11.7. The number of hydrogen-bond acceptors (Lipinski definition) is 5. The molecule has 0 amide bonds. The van der Waals surface area contributed by atoms with Crippen molar-refractivity contribution in [3.05, 3.63) is 68.5 Å². The maximum absolute atomic E-state index is 12.9. The van der Waals surface area contributed by atoms with E-state index in [-0.39, 0.29) is 35.6 Å². The fraction of sp³-hybridized carbons (Fsp3) is 0.222. The first-order valence-electron chi connectivity index (χ1n) is 8.08. The standard InChI is InChI=1S/C18H14F3N3O4/c1-28-9-8-23-16(11-2-4-12(5-3-11)18(19,20)21)22-15-7-6-13(24(26)27)10-14(15)17(23)25/h2-7,10H,8-9H2,1H3. The van der Waals surface area contributed by atoms with Crippen LogP contribution in [0.3, 0.4) is 0 Å². The molecule has 10 heteroatoms. The van der Waals surface area contributed by atoms with Crippen molar-refractivity contribution in [1.29, 1.82) is 0 Å². The first kappa shape index (κ1) is 19.5. The number of nitro benzene ring substituents is 1. The average Bonchev–Trinajstić information content (AvgIpc) is 2.66. The van der Waals surface area contributed by atoms with Crippen molar-refractivity contribution in [3.63, 3.8) is 0 Å². The van der Waals surface area contributed by atoms with Crippen LogP contribution in [0.2, 0.25) is 0 Å². The summed E-state index contributed by atoms with van der Waals surface area (Å²) >= 11 is 0. The van der Waals surface area contributed by atoms with Crippen LogP contribution in [-0.4, -0.2) is 28.2 Å². The molecule has 0 unspecified atom stereocenters. The Labute approximate surface area is 156 Å². The second-order valence-electron chi connectivity index (χ2n) is 5.92. The second-order valence-corrected chi connectivity index (χ2v) is 5.92. The predicted octanol–water partition coefficient (Wildman–Crippen LogP) is 3.64. The smallest absolute Gasteiger partial charge is 0.383 e. The highest BCUT2D eigenvalue weighted by molar-refractivity contribution is 5.82. The van der Waals surface area contributed by atoms with Crippen LogP contribution in [-0.2, 0) is 17.5 Å². The summed E-state index contributed by atoms with van der Waals surface area (Å²) in [6, 6.07) is 7.94. The number of halogens is 3. The lowest BCUT2D eigenvalue weighted by atomic mass is 10.1. The molecule has 0 saturated heterocycles. The lowest BCUT2D eigenvalue weighted by molar-refractivity contribution is -0.384. The Balaban J connectivity index is 2.21. The van der Waals surface area contributed by atoms with E-state index in [2.05, 4.69) is 4.98 Å². The number of aromatic nitrogens is 2. The molecule has 3 rings (SSSR count). The summed E-state index contributed by atoms with van der Waals surface area (Å²) in [5, 5.41) is 11.0. The fourth-order valence-electron chi connectivity index (χ4n) is 2.74. The number of rotatable bonds is 5. The zero-order valence-electron chi connectivity index (χ0n) is 14.6. The molecule has 0 atom stereocenters. The Kier molecular flexibility index (Phi) is 5.14. The Bertz CT molecular complexity index is 1090. The fourth-order valence-corrected chi connectivity index (χ4v) is 2.74. The van der Waals surface area contributed by atoms with Crippen molar-refractivity contribution in [1.82, 2.24) is 9.55 Å². The van der Waals surface area contributed by atoms with Gasteiger partial charge in [0.15, 0.2) is 0 Å². The van der Waals surface area contributed by atoms with Gasteiger partial charge in [-0.1, -0.05) is 12.1 Å². The van der Waals surface area contributed by atoms with Gasteiger partial charge in [-0.25, -0.2) is 4.98 Å². The van der Waals surface area contributed by atoms with Gasteiger partial charge < -0.3 is 4.74 Å². The summed E-state index contributed by atoms with van der Waals surface area (Å²) in [5.41, 5.74) is -1.10. The highest BCUT2D eigenvalue weighted by atomic mass is 19.4. The van der Waals surface area contributed by atoms with Crippen molar-refractivity contribution in [2.24, 2.45) is 0 Å².